The second-order valence-corrected chi connectivity index (χ2v) is 8.52. The van der Waals surface area contributed by atoms with Crippen molar-refractivity contribution in [2.24, 2.45) is 4.99 Å². The van der Waals surface area contributed by atoms with Crippen LogP contribution in [0.15, 0.2) is 77.6 Å². The Kier molecular flexibility index (Phi) is 4.23. The fourth-order valence-electron chi connectivity index (χ4n) is 4.32. The Balaban J connectivity index is 1.34. The van der Waals surface area contributed by atoms with Crippen LogP contribution in [-0.2, 0) is 6.42 Å². The molecule has 0 atom stereocenters. The van der Waals surface area contributed by atoms with Crippen molar-refractivity contribution in [2.45, 2.75) is 19.3 Å². The summed E-state index contributed by atoms with van der Waals surface area (Å²) in [5.41, 5.74) is 8.76. The summed E-state index contributed by atoms with van der Waals surface area (Å²) in [6.45, 7) is 0.960. The molecule has 152 valence electrons. The molecule has 0 saturated heterocycles. The van der Waals surface area contributed by atoms with Gasteiger partial charge in [-0.3, -0.25) is 4.99 Å². The number of hydrogen-bond donors (Lipinski definition) is 1. The molecule has 2 aliphatic heterocycles. The lowest BCUT2D eigenvalue weighted by Crippen LogP contribution is -2.13. The van der Waals surface area contributed by atoms with E-state index in [-0.39, 0.29) is 0 Å². The van der Waals surface area contributed by atoms with E-state index in [9.17, 15) is 0 Å². The highest BCUT2D eigenvalue weighted by Crippen LogP contribution is 2.38. The van der Waals surface area contributed by atoms with Crippen LogP contribution >= 0.6 is 0 Å². The molecule has 2 aromatic carbocycles. The minimum atomic E-state index is 0.890. The van der Waals surface area contributed by atoms with Gasteiger partial charge in [0.15, 0.2) is 0 Å². The summed E-state index contributed by atoms with van der Waals surface area (Å²) in [6.07, 6.45) is 13.8. The van der Waals surface area contributed by atoms with Crippen LogP contribution in [0.3, 0.4) is 0 Å². The molecule has 1 aliphatic carbocycles. The molecule has 31 heavy (non-hydrogen) atoms. The van der Waals surface area contributed by atoms with E-state index in [1.54, 1.807) is 0 Å². The number of rotatable bonds is 4. The van der Waals surface area contributed by atoms with E-state index < -0.39 is 0 Å². The van der Waals surface area contributed by atoms with Gasteiger partial charge in [-0.25, -0.2) is 4.98 Å². The van der Waals surface area contributed by atoms with E-state index in [4.69, 9.17) is 4.98 Å². The van der Waals surface area contributed by atoms with Gasteiger partial charge in [-0.05, 0) is 70.3 Å². The molecule has 0 amide bonds. The second kappa shape index (κ2) is 7.24. The van der Waals surface area contributed by atoms with Crippen LogP contribution in [-0.4, -0.2) is 29.7 Å². The molecule has 4 heteroatoms. The fourth-order valence-corrected chi connectivity index (χ4v) is 4.32. The van der Waals surface area contributed by atoms with Crippen LogP contribution in [0.4, 0.5) is 11.5 Å². The van der Waals surface area contributed by atoms with E-state index in [2.05, 4.69) is 83.1 Å². The fraction of sp³-hybridized carbons (Fsp3) is 0.185. The quantitative estimate of drug-likeness (QED) is 0.584. The summed E-state index contributed by atoms with van der Waals surface area (Å²) in [7, 11) is 2.11. The van der Waals surface area contributed by atoms with Gasteiger partial charge in [0.2, 0.25) is 0 Å². The molecular formula is C27H24N4. The lowest BCUT2D eigenvalue weighted by atomic mass is 10.0. The Morgan fingerprint density at radius 1 is 1.03 bits per heavy atom. The molecule has 1 N–H and O–H groups in total. The number of fused-ring (bicyclic) bond motifs is 2. The monoisotopic (exact) mass is 404 g/mol. The van der Waals surface area contributed by atoms with Gasteiger partial charge in [0.05, 0.1) is 5.69 Å². The number of anilines is 1. The summed E-state index contributed by atoms with van der Waals surface area (Å²) in [6, 6.07) is 15.3. The highest BCUT2D eigenvalue weighted by atomic mass is 15.1. The first kappa shape index (κ1) is 18.1. The van der Waals surface area contributed by atoms with E-state index in [1.807, 2.05) is 12.4 Å². The molecular weight excluding hydrogens is 380 g/mol. The lowest BCUT2D eigenvalue weighted by Gasteiger charge is -2.18. The number of likely N-dealkylation sites (N-methyl/N-ethyl adjacent to an activating group) is 1. The molecule has 1 fully saturated rings. The van der Waals surface area contributed by atoms with E-state index in [0.717, 1.165) is 42.7 Å². The third kappa shape index (κ3) is 3.55. The van der Waals surface area contributed by atoms with Crippen molar-refractivity contribution in [1.29, 1.82) is 0 Å². The van der Waals surface area contributed by atoms with Gasteiger partial charge in [-0.15, -0.1) is 0 Å². The van der Waals surface area contributed by atoms with Crippen LogP contribution in [0.1, 0.15) is 29.5 Å². The molecule has 0 radical (unpaired) electrons. The molecule has 1 saturated carbocycles. The lowest BCUT2D eigenvalue weighted by molar-refractivity contribution is 0.507. The van der Waals surface area contributed by atoms with Crippen molar-refractivity contribution in [3.63, 3.8) is 0 Å². The number of hydrogen-bond acceptors (Lipinski definition) is 4. The van der Waals surface area contributed by atoms with Crippen LogP contribution in [0.2, 0.25) is 0 Å². The third-order valence-electron chi connectivity index (χ3n) is 6.12. The number of benzene rings is 2. The molecule has 3 aromatic rings. The topological polar surface area (TPSA) is 40.5 Å². The zero-order chi connectivity index (χ0) is 20.8. The normalized spacial score (nSPS) is 16.5. The number of nitrogens with one attached hydrogen (secondary N) is 1. The van der Waals surface area contributed by atoms with Crippen molar-refractivity contribution in [2.75, 3.05) is 18.9 Å². The molecule has 6 rings (SSSR count). The molecule has 0 unspecified atom stereocenters. The van der Waals surface area contributed by atoms with Gasteiger partial charge in [0.1, 0.15) is 5.82 Å². The van der Waals surface area contributed by atoms with E-state index in [0.29, 0.717) is 0 Å². The van der Waals surface area contributed by atoms with Crippen LogP contribution < -0.4 is 5.32 Å². The minimum absolute atomic E-state index is 0.890. The molecule has 3 aliphatic rings. The van der Waals surface area contributed by atoms with Gasteiger partial charge in [-0.2, -0.15) is 0 Å². The van der Waals surface area contributed by atoms with Crippen molar-refractivity contribution in [1.82, 2.24) is 9.88 Å². The molecule has 0 spiro atoms. The summed E-state index contributed by atoms with van der Waals surface area (Å²) in [4.78, 5) is 11.3. The largest absolute Gasteiger partial charge is 0.376 e. The standard InChI is InChI=1S/C27H24N4/c1-31-12-2-3-23(17-31)19-6-7-22-16-29-26(15-24(22)13-19)30-27(18-4-5-18)21-8-9-25-20(14-21)10-11-28-25/h2-3,6-9,11,13-17H,4-5,10,12H2,1H3,(H,29,30). The van der Waals surface area contributed by atoms with Gasteiger partial charge >= 0.3 is 0 Å². The summed E-state index contributed by atoms with van der Waals surface area (Å²) < 4.78 is 0. The van der Waals surface area contributed by atoms with Crippen LogP contribution in [0.5, 0.6) is 0 Å². The van der Waals surface area contributed by atoms with Gasteiger partial charge in [0, 0.05) is 49.7 Å². The Bertz CT molecular complexity index is 1320. The Morgan fingerprint density at radius 2 is 1.97 bits per heavy atom. The average molecular weight is 405 g/mol. The number of allylic oxidation sites excluding steroid dienone is 3. The summed E-state index contributed by atoms with van der Waals surface area (Å²) in [5, 5.41) is 5.98. The minimum Gasteiger partial charge on any atom is -0.376 e. The Labute approximate surface area is 182 Å². The van der Waals surface area contributed by atoms with Gasteiger partial charge < -0.3 is 10.2 Å². The van der Waals surface area contributed by atoms with Crippen molar-refractivity contribution >= 4 is 39.8 Å². The van der Waals surface area contributed by atoms with Gasteiger partial charge in [-0.1, -0.05) is 30.4 Å². The average Bonchev–Trinajstić information content (AvgIpc) is 3.53. The number of aromatic nitrogens is 1. The van der Waals surface area contributed by atoms with Crippen molar-refractivity contribution < 1.29 is 0 Å². The zero-order valence-electron chi connectivity index (χ0n) is 17.6. The Hall–Kier alpha value is -3.66. The smallest absolute Gasteiger partial charge is 0.130 e. The van der Waals surface area contributed by atoms with Crippen LogP contribution in [0, 0.1) is 0 Å². The second-order valence-electron chi connectivity index (χ2n) is 8.52. The number of pyridine rings is 1. The highest BCUT2D eigenvalue weighted by molar-refractivity contribution is 5.91. The van der Waals surface area contributed by atoms with Crippen molar-refractivity contribution in [3.05, 3.63) is 89.3 Å². The maximum absolute atomic E-state index is 4.70. The van der Waals surface area contributed by atoms with E-state index >= 15 is 0 Å². The van der Waals surface area contributed by atoms with Crippen LogP contribution in [0.25, 0.3) is 22.0 Å². The zero-order valence-corrected chi connectivity index (χ0v) is 17.6. The first-order valence-electron chi connectivity index (χ1n) is 10.9. The SMILES string of the molecule is CN1C=C(c2ccc3cnc(NC(=C4CC4)c4ccc5c(c4)CC=N5)cc3c2)C=CC1. The molecule has 3 heterocycles. The predicted molar refractivity (Wildman–Crippen MR) is 130 cm³/mol. The summed E-state index contributed by atoms with van der Waals surface area (Å²) in [5.74, 6) is 0.890. The summed E-state index contributed by atoms with van der Waals surface area (Å²) >= 11 is 0. The molecule has 1 aromatic heterocycles. The van der Waals surface area contributed by atoms with Gasteiger partial charge in [0.25, 0.3) is 0 Å². The van der Waals surface area contributed by atoms with Crippen molar-refractivity contribution in [3.8, 4) is 0 Å². The first-order chi connectivity index (χ1) is 15.2. The molecule has 4 nitrogen and oxygen atoms in total. The number of aliphatic imine (C=N–C) groups is 1. The Morgan fingerprint density at radius 3 is 2.84 bits per heavy atom. The first-order valence-corrected chi connectivity index (χ1v) is 10.9. The highest BCUT2D eigenvalue weighted by Gasteiger charge is 2.21. The molecule has 0 bridgehead atoms. The maximum atomic E-state index is 4.70. The van der Waals surface area contributed by atoms with E-state index in [1.165, 1.54) is 38.9 Å². The predicted octanol–water partition coefficient (Wildman–Crippen LogP) is 5.95. The third-order valence-corrected chi connectivity index (χ3v) is 6.12. The maximum Gasteiger partial charge on any atom is 0.130 e. The number of nitrogens with zero attached hydrogens (tertiary/aromatic N) is 3.